The van der Waals surface area contributed by atoms with Gasteiger partial charge in [0, 0.05) is 29.8 Å². The van der Waals surface area contributed by atoms with Crippen molar-refractivity contribution < 1.29 is 0 Å². The molecular formula is C12H19N3. The number of fused-ring (bicyclic) bond motifs is 4. The Morgan fingerprint density at radius 3 is 2.93 bits per heavy atom. The van der Waals surface area contributed by atoms with Crippen molar-refractivity contribution >= 4 is 0 Å². The Morgan fingerprint density at radius 1 is 1.40 bits per heavy atom. The average Bonchev–Trinajstić information content (AvgIpc) is 2.70. The van der Waals surface area contributed by atoms with Gasteiger partial charge in [-0.15, -0.1) is 0 Å². The fourth-order valence-electron chi connectivity index (χ4n) is 2.92. The number of nitrogens with zero attached hydrogens (tertiary/aromatic N) is 2. The normalized spacial score (nSPS) is 29.3. The number of hydrogen-bond acceptors (Lipinski definition) is 2. The van der Waals surface area contributed by atoms with Gasteiger partial charge in [-0.25, -0.2) is 0 Å². The number of nitrogens with one attached hydrogen (secondary N) is 1. The minimum Gasteiger partial charge on any atom is -0.307 e. The molecule has 0 amide bonds. The second-order valence-corrected chi connectivity index (χ2v) is 5.83. The first-order valence-electron chi connectivity index (χ1n) is 5.89. The van der Waals surface area contributed by atoms with Crippen molar-refractivity contribution in [3.63, 3.8) is 0 Å². The van der Waals surface area contributed by atoms with Gasteiger partial charge in [0.05, 0.1) is 11.7 Å². The molecule has 2 aliphatic rings. The van der Waals surface area contributed by atoms with Crippen LogP contribution in [0.1, 0.15) is 50.9 Å². The SMILES string of the molecule is CC(C)(C)n1ncc2c1CC1CCC2N1. The van der Waals surface area contributed by atoms with E-state index >= 15 is 0 Å². The summed E-state index contributed by atoms with van der Waals surface area (Å²) in [6, 6.07) is 1.27. The predicted molar refractivity (Wildman–Crippen MR) is 59.8 cm³/mol. The number of hydrogen-bond donors (Lipinski definition) is 1. The molecule has 3 heteroatoms. The highest BCUT2D eigenvalue weighted by molar-refractivity contribution is 5.29. The van der Waals surface area contributed by atoms with Crippen LogP contribution in [0.25, 0.3) is 0 Å². The summed E-state index contributed by atoms with van der Waals surface area (Å²) in [5.41, 5.74) is 3.03. The fraction of sp³-hybridized carbons (Fsp3) is 0.750. The molecule has 3 heterocycles. The van der Waals surface area contributed by atoms with Gasteiger partial charge in [-0.2, -0.15) is 5.10 Å². The van der Waals surface area contributed by atoms with E-state index in [1.165, 1.54) is 24.1 Å². The smallest absolute Gasteiger partial charge is 0.0546 e. The van der Waals surface area contributed by atoms with Gasteiger partial charge in [-0.05, 0) is 33.6 Å². The Kier molecular flexibility index (Phi) is 1.78. The van der Waals surface area contributed by atoms with Gasteiger partial charge in [0.1, 0.15) is 0 Å². The van der Waals surface area contributed by atoms with Crippen molar-refractivity contribution in [2.24, 2.45) is 0 Å². The second-order valence-electron chi connectivity index (χ2n) is 5.83. The summed E-state index contributed by atoms with van der Waals surface area (Å²) in [7, 11) is 0. The van der Waals surface area contributed by atoms with Crippen LogP contribution < -0.4 is 5.32 Å². The van der Waals surface area contributed by atoms with Crippen LogP contribution in [-0.4, -0.2) is 15.8 Å². The zero-order valence-corrected chi connectivity index (χ0v) is 9.75. The molecule has 0 aromatic carbocycles. The first-order chi connectivity index (χ1) is 7.05. The van der Waals surface area contributed by atoms with Gasteiger partial charge >= 0.3 is 0 Å². The maximum absolute atomic E-state index is 4.56. The van der Waals surface area contributed by atoms with Crippen LogP contribution in [0.4, 0.5) is 0 Å². The van der Waals surface area contributed by atoms with Crippen molar-refractivity contribution in [2.45, 2.75) is 57.7 Å². The van der Waals surface area contributed by atoms with E-state index in [-0.39, 0.29) is 5.54 Å². The molecule has 3 nitrogen and oxygen atoms in total. The van der Waals surface area contributed by atoms with Crippen LogP contribution in [0.5, 0.6) is 0 Å². The van der Waals surface area contributed by atoms with Crippen LogP contribution in [0, 0.1) is 0 Å². The number of rotatable bonds is 0. The lowest BCUT2D eigenvalue weighted by atomic mass is 10.0. The van der Waals surface area contributed by atoms with E-state index < -0.39 is 0 Å². The fourth-order valence-corrected chi connectivity index (χ4v) is 2.92. The summed E-state index contributed by atoms with van der Waals surface area (Å²) < 4.78 is 2.22. The molecule has 2 atom stereocenters. The molecule has 82 valence electrons. The summed E-state index contributed by atoms with van der Waals surface area (Å²) in [5, 5.41) is 8.22. The molecule has 1 fully saturated rings. The first kappa shape index (κ1) is 9.40. The van der Waals surface area contributed by atoms with Gasteiger partial charge in [0.25, 0.3) is 0 Å². The van der Waals surface area contributed by atoms with E-state index in [0.29, 0.717) is 12.1 Å². The van der Waals surface area contributed by atoms with E-state index in [0.717, 1.165) is 6.42 Å². The van der Waals surface area contributed by atoms with Gasteiger partial charge < -0.3 is 5.32 Å². The van der Waals surface area contributed by atoms with Gasteiger partial charge in [0.2, 0.25) is 0 Å². The zero-order chi connectivity index (χ0) is 10.6. The van der Waals surface area contributed by atoms with Gasteiger partial charge in [-0.3, -0.25) is 4.68 Å². The zero-order valence-electron chi connectivity index (χ0n) is 9.75. The molecule has 1 N–H and O–H groups in total. The quantitative estimate of drug-likeness (QED) is 0.702. The molecule has 3 rings (SSSR count). The molecule has 2 unspecified atom stereocenters. The van der Waals surface area contributed by atoms with E-state index in [1.54, 1.807) is 0 Å². The monoisotopic (exact) mass is 205 g/mol. The largest absolute Gasteiger partial charge is 0.307 e. The van der Waals surface area contributed by atoms with Crippen LogP contribution in [0.2, 0.25) is 0 Å². The second kappa shape index (κ2) is 2.85. The van der Waals surface area contributed by atoms with E-state index in [1.807, 2.05) is 0 Å². The Hall–Kier alpha value is -0.830. The molecule has 0 radical (unpaired) electrons. The third-order valence-corrected chi connectivity index (χ3v) is 3.59. The Balaban J connectivity index is 2.08. The molecule has 15 heavy (non-hydrogen) atoms. The summed E-state index contributed by atoms with van der Waals surface area (Å²) in [4.78, 5) is 0. The lowest BCUT2D eigenvalue weighted by Gasteiger charge is -2.27. The average molecular weight is 205 g/mol. The van der Waals surface area contributed by atoms with Crippen molar-refractivity contribution in [3.05, 3.63) is 17.5 Å². The van der Waals surface area contributed by atoms with E-state index in [2.05, 4.69) is 42.1 Å². The van der Waals surface area contributed by atoms with Crippen LogP contribution in [0.3, 0.4) is 0 Å². The van der Waals surface area contributed by atoms with E-state index in [9.17, 15) is 0 Å². The summed E-state index contributed by atoms with van der Waals surface area (Å²) in [5.74, 6) is 0. The van der Waals surface area contributed by atoms with Gasteiger partial charge in [-0.1, -0.05) is 0 Å². The van der Waals surface area contributed by atoms with Crippen molar-refractivity contribution in [3.8, 4) is 0 Å². The molecule has 2 aliphatic heterocycles. The van der Waals surface area contributed by atoms with Crippen LogP contribution in [-0.2, 0) is 12.0 Å². The van der Waals surface area contributed by atoms with Crippen LogP contribution in [0.15, 0.2) is 6.20 Å². The highest BCUT2D eigenvalue weighted by Gasteiger charge is 2.36. The Bertz CT molecular complexity index is 386. The lowest BCUT2D eigenvalue weighted by Crippen LogP contribution is -2.35. The topological polar surface area (TPSA) is 29.9 Å². The third-order valence-electron chi connectivity index (χ3n) is 3.59. The molecule has 0 aliphatic carbocycles. The highest BCUT2D eigenvalue weighted by Crippen LogP contribution is 2.37. The van der Waals surface area contributed by atoms with Crippen molar-refractivity contribution in [2.75, 3.05) is 0 Å². The molecule has 0 spiro atoms. The van der Waals surface area contributed by atoms with E-state index in [4.69, 9.17) is 0 Å². The lowest BCUT2D eigenvalue weighted by molar-refractivity contribution is 0.334. The first-order valence-corrected chi connectivity index (χ1v) is 5.89. The Labute approximate surface area is 90.9 Å². The minimum atomic E-state index is 0.115. The maximum Gasteiger partial charge on any atom is 0.0546 e. The molecule has 0 saturated carbocycles. The van der Waals surface area contributed by atoms with Gasteiger partial charge in [0.15, 0.2) is 0 Å². The molecule has 2 bridgehead atoms. The molecule has 1 aromatic heterocycles. The molecule has 1 aromatic rings. The Morgan fingerprint density at radius 2 is 2.20 bits per heavy atom. The number of aromatic nitrogens is 2. The summed E-state index contributed by atoms with van der Waals surface area (Å²) in [6.45, 7) is 6.68. The van der Waals surface area contributed by atoms with Crippen LogP contribution >= 0.6 is 0 Å². The highest BCUT2D eigenvalue weighted by atomic mass is 15.3. The third kappa shape index (κ3) is 1.33. The molecule has 1 saturated heterocycles. The standard InChI is InChI=1S/C12H19N3/c1-12(2,3)15-11-6-8-4-5-10(14-8)9(11)7-13-15/h7-8,10,14H,4-6H2,1-3H3. The molecular weight excluding hydrogens is 186 g/mol. The summed E-state index contributed by atoms with van der Waals surface area (Å²) >= 11 is 0. The summed E-state index contributed by atoms with van der Waals surface area (Å²) in [6.07, 6.45) is 5.83. The van der Waals surface area contributed by atoms with Crippen molar-refractivity contribution in [1.29, 1.82) is 0 Å². The van der Waals surface area contributed by atoms with Crippen molar-refractivity contribution in [1.82, 2.24) is 15.1 Å². The maximum atomic E-state index is 4.56. The predicted octanol–water partition coefficient (Wildman–Crippen LogP) is 1.99. The minimum absolute atomic E-state index is 0.115.